The van der Waals surface area contributed by atoms with Crippen LogP contribution in [0.15, 0.2) is 83.0 Å². The third-order valence-corrected chi connectivity index (χ3v) is 6.33. The number of fused-ring (bicyclic) bond motifs is 1. The number of rotatable bonds is 4. The fraction of sp³-hybridized carbons (Fsp3) is 0.179. The number of urea groups is 1. The Bertz CT molecular complexity index is 1480. The summed E-state index contributed by atoms with van der Waals surface area (Å²) in [6.45, 7) is 4.86. The van der Waals surface area contributed by atoms with Crippen LogP contribution in [0.5, 0.6) is 11.5 Å². The molecule has 2 aliphatic heterocycles. The van der Waals surface area contributed by atoms with Crippen LogP contribution >= 0.6 is 0 Å². The number of nitrogens with one attached hydrogen (secondary N) is 1. The molecule has 0 bridgehead atoms. The average molecular weight is 481 g/mol. The fourth-order valence-corrected chi connectivity index (χ4v) is 4.63. The number of ether oxygens (including phenoxy) is 2. The largest absolute Gasteiger partial charge is 0.486 e. The number of benzene rings is 3. The summed E-state index contributed by atoms with van der Waals surface area (Å²) in [5.74, 6) is 2.10. The van der Waals surface area contributed by atoms with Crippen molar-refractivity contribution in [3.8, 4) is 22.9 Å². The molecule has 3 aromatic carbocycles. The van der Waals surface area contributed by atoms with E-state index >= 15 is 0 Å². The van der Waals surface area contributed by atoms with Gasteiger partial charge in [0.05, 0.1) is 17.3 Å². The van der Waals surface area contributed by atoms with Crippen molar-refractivity contribution in [2.24, 2.45) is 0 Å². The van der Waals surface area contributed by atoms with Crippen molar-refractivity contribution in [1.29, 1.82) is 0 Å². The quantitative estimate of drug-likeness (QED) is 0.414. The summed E-state index contributed by atoms with van der Waals surface area (Å²) in [5, 5.41) is 7.38. The highest BCUT2D eigenvalue weighted by atomic mass is 16.6. The van der Waals surface area contributed by atoms with Gasteiger partial charge in [-0.25, -0.2) is 4.79 Å². The lowest BCUT2D eigenvalue weighted by molar-refractivity contribution is 0.171. The second kappa shape index (κ2) is 8.88. The van der Waals surface area contributed by atoms with Gasteiger partial charge in [-0.1, -0.05) is 59.3 Å². The zero-order valence-corrected chi connectivity index (χ0v) is 19.9. The van der Waals surface area contributed by atoms with E-state index in [0.717, 1.165) is 22.3 Å². The van der Waals surface area contributed by atoms with Crippen molar-refractivity contribution in [2.75, 3.05) is 18.1 Å². The number of allylic oxidation sites excluding steroid dienone is 1. The van der Waals surface area contributed by atoms with Gasteiger partial charge in [-0.3, -0.25) is 4.90 Å². The van der Waals surface area contributed by atoms with Gasteiger partial charge in [0.1, 0.15) is 13.2 Å². The Morgan fingerprint density at radius 2 is 1.72 bits per heavy atom. The third-order valence-electron chi connectivity index (χ3n) is 6.33. The first-order chi connectivity index (χ1) is 17.6. The number of hydrogen-bond donors (Lipinski definition) is 1. The second-order valence-corrected chi connectivity index (χ2v) is 8.75. The molecule has 2 aliphatic rings. The molecule has 36 heavy (non-hydrogen) atoms. The smallest absolute Gasteiger partial charge is 0.327 e. The molecule has 8 heteroatoms. The molecular formula is C28H24N4O4. The molecule has 1 N–H and O–H groups in total. The van der Waals surface area contributed by atoms with Gasteiger partial charge in [0.25, 0.3) is 5.89 Å². The van der Waals surface area contributed by atoms with Gasteiger partial charge >= 0.3 is 6.03 Å². The van der Waals surface area contributed by atoms with Crippen LogP contribution in [0, 0.1) is 6.92 Å². The molecule has 1 unspecified atom stereocenters. The van der Waals surface area contributed by atoms with Crippen LogP contribution in [-0.4, -0.2) is 29.4 Å². The number of carbonyl (C=O) groups excluding carboxylic acids is 1. The minimum absolute atomic E-state index is 0.264. The molecular weight excluding hydrogens is 456 g/mol. The van der Waals surface area contributed by atoms with Gasteiger partial charge in [-0.2, -0.15) is 4.98 Å². The lowest BCUT2D eigenvalue weighted by Crippen LogP contribution is -2.46. The molecule has 6 rings (SSSR count). The van der Waals surface area contributed by atoms with E-state index < -0.39 is 6.04 Å². The Morgan fingerprint density at radius 1 is 0.917 bits per heavy atom. The van der Waals surface area contributed by atoms with E-state index in [9.17, 15) is 4.79 Å². The summed E-state index contributed by atoms with van der Waals surface area (Å²) in [5.41, 5.74) is 4.94. The van der Waals surface area contributed by atoms with Crippen molar-refractivity contribution in [3.05, 3.63) is 95.5 Å². The Kier molecular flexibility index (Phi) is 5.41. The SMILES string of the molecule is CC1=C(c2nc(-c3cccc(C)c3)no2)C(c2ccccc2)NC(=O)N1c1ccc2c(c1)OCCO2. The lowest BCUT2D eigenvalue weighted by Gasteiger charge is -2.35. The summed E-state index contributed by atoms with van der Waals surface area (Å²) in [7, 11) is 0. The average Bonchev–Trinajstić information content (AvgIpc) is 3.39. The van der Waals surface area contributed by atoms with E-state index in [2.05, 4.69) is 10.5 Å². The zero-order valence-electron chi connectivity index (χ0n) is 19.9. The Balaban J connectivity index is 1.48. The second-order valence-electron chi connectivity index (χ2n) is 8.75. The number of anilines is 1. The number of aryl methyl sites for hydroxylation is 1. The van der Waals surface area contributed by atoms with E-state index in [1.54, 1.807) is 4.90 Å². The summed E-state index contributed by atoms with van der Waals surface area (Å²) in [6.07, 6.45) is 0. The predicted octanol–water partition coefficient (Wildman–Crippen LogP) is 5.52. The van der Waals surface area contributed by atoms with Crippen molar-refractivity contribution in [1.82, 2.24) is 15.5 Å². The van der Waals surface area contributed by atoms with Crippen LogP contribution in [0.25, 0.3) is 17.0 Å². The Labute approximate surface area is 208 Å². The highest BCUT2D eigenvalue weighted by Gasteiger charge is 2.37. The van der Waals surface area contributed by atoms with Crippen LogP contribution < -0.4 is 19.7 Å². The van der Waals surface area contributed by atoms with Gasteiger partial charge in [0.2, 0.25) is 5.82 Å². The molecule has 3 heterocycles. The maximum Gasteiger partial charge on any atom is 0.327 e. The molecule has 0 saturated heterocycles. The topological polar surface area (TPSA) is 89.7 Å². The molecule has 1 atom stereocenters. The van der Waals surface area contributed by atoms with Crippen molar-refractivity contribution in [2.45, 2.75) is 19.9 Å². The van der Waals surface area contributed by atoms with Crippen LogP contribution in [0.4, 0.5) is 10.5 Å². The minimum Gasteiger partial charge on any atom is -0.486 e. The summed E-state index contributed by atoms with van der Waals surface area (Å²) in [4.78, 5) is 19.8. The summed E-state index contributed by atoms with van der Waals surface area (Å²) in [6, 6.07) is 22.4. The molecule has 0 spiro atoms. The first-order valence-electron chi connectivity index (χ1n) is 11.8. The van der Waals surface area contributed by atoms with E-state index in [1.807, 2.05) is 86.6 Å². The molecule has 1 aromatic heterocycles. The maximum absolute atomic E-state index is 13.4. The van der Waals surface area contributed by atoms with Gasteiger partial charge in [0, 0.05) is 17.3 Å². The molecule has 4 aromatic rings. The van der Waals surface area contributed by atoms with Crippen LogP contribution in [-0.2, 0) is 0 Å². The molecule has 0 fully saturated rings. The highest BCUT2D eigenvalue weighted by Crippen LogP contribution is 2.41. The van der Waals surface area contributed by atoms with Crippen LogP contribution in [0.3, 0.4) is 0 Å². The predicted molar refractivity (Wildman–Crippen MR) is 135 cm³/mol. The fourth-order valence-electron chi connectivity index (χ4n) is 4.63. The van der Waals surface area contributed by atoms with Crippen molar-refractivity contribution < 1.29 is 18.8 Å². The highest BCUT2D eigenvalue weighted by molar-refractivity contribution is 6.01. The van der Waals surface area contributed by atoms with Gasteiger partial charge < -0.3 is 19.3 Å². The van der Waals surface area contributed by atoms with Gasteiger partial charge in [-0.05, 0) is 37.6 Å². The Hall–Kier alpha value is -4.59. The minimum atomic E-state index is -0.460. The van der Waals surface area contributed by atoms with Gasteiger partial charge in [0.15, 0.2) is 11.5 Å². The Morgan fingerprint density at radius 3 is 2.53 bits per heavy atom. The zero-order chi connectivity index (χ0) is 24.6. The van der Waals surface area contributed by atoms with Crippen LogP contribution in [0.1, 0.15) is 30.0 Å². The number of aromatic nitrogens is 2. The summed E-state index contributed by atoms with van der Waals surface area (Å²) >= 11 is 0. The standard InChI is InChI=1S/C28H24N4O4/c1-17-7-6-10-20(15-17)26-30-27(36-31-26)24-18(2)32(21-11-12-22-23(16-21)35-14-13-34-22)28(33)29-25(24)19-8-4-3-5-9-19/h3-12,15-16,25H,13-14H2,1-2H3,(H,29,33). The van der Waals surface area contributed by atoms with Crippen LogP contribution in [0.2, 0.25) is 0 Å². The number of hydrogen-bond acceptors (Lipinski definition) is 6. The molecule has 180 valence electrons. The van der Waals surface area contributed by atoms with E-state index in [0.29, 0.717) is 47.8 Å². The molecule has 2 amide bonds. The third kappa shape index (κ3) is 3.86. The number of amides is 2. The first-order valence-corrected chi connectivity index (χ1v) is 11.8. The molecule has 0 saturated carbocycles. The van der Waals surface area contributed by atoms with Crippen molar-refractivity contribution in [3.63, 3.8) is 0 Å². The maximum atomic E-state index is 13.4. The summed E-state index contributed by atoms with van der Waals surface area (Å²) < 4.78 is 17.2. The number of carbonyl (C=O) groups is 1. The normalized spacial score (nSPS) is 17.2. The molecule has 8 nitrogen and oxygen atoms in total. The van der Waals surface area contributed by atoms with E-state index in [-0.39, 0.29) is 6.03 Å². The number of nitrogens with zero attached hydrogens (tertiary/aromatic N) is 3. The van der Waals surface area contributed by atoms with E-state index in [1.165, 1.54) is 0 Å². The lowest BCUT2D eigenvalue weighted by atomic mass is 9.94. The van der Waals surface area contributed by atoms with E-state index in [4.69, 9.17) is 19.0 Å². The van der Waals surface area contributed by atoms with Gasteiger partial charge in [-0.15, -0.1) is 0 Å². The first kappa shape index (κ1) is 21.9. The van der Waals surface area contributed by atoms with Crippen molar-refractivity contribution >= 4 is 17.3 Å². The molecule has 0 radical (unpaired) electrons. The monoisotopic (exact) mass is 480 g/mol. The molecule has 0 aliphatic carbocycles.